The van der Waals surface area contributed by atoms with Crippen LogP contribution in [0.3, 0.4) is 0 Å². The first kappa shape index (κ1) is 14.5. The maximum Gasteiger partial charge on any atom is 0.0723 e. The molecule has 1 aromatic carbocycles. The van der Waals surface area contributed by atoms with E-state index in [1.54, 1.807) is 0 Å². The molecule has 0 amide bonds. The summed E-state index contributed by atoms with van der Waals surface area (Å²) in [5, 5.41) is 3.22. The van der Waals surface area contributed by atoms with Gasteiger partial charge in [0.15, 0.2) is 0 Å². The van der Waals surface area contributed by atoms with Gasteiger partial charge in [0.05, 0.1) is 12.7 Å². The molecule has 0 saturated heterocycles. The molecule has 0 atom stereocenters. The van der Waals surface area contributed by atoms with Crippen molar-refractivity contribution < 1.29 is 4.74 Å². The first-order valence-corrected chi connectivity index (χ1v) is 7.44. The normalized spacial score (nSPS) is 19.5. The minimum absolute atomic E-state index is 0.454. The molecule has 0 radical (unpaired) electrons. The summed E-state index contributed by atoms with van der Waals surface area (Å²) in [6.45, 7) is 6.40. The molecule has 1 N–H and O–H groups in total. The minimum atomic E-state index is 0.454. The van der Waals surface area contributed by atoms with Gasteiger partial charge >= 0.3 is 0 Å². The van der Waals surface area contributed by atoms with Gasteiger partial charge in [0.1, 0.15) is 0 Å². The monoisotopic (exact) mass is 261 g/mol. The molecule has 0 spiro atoms. The van der Waals surface area contributed by atoms with Gasteiger partial charge in [-0.1, -0.05) is 38.1 Å². The molecule has 0 aliphatic heterocycles. The minimum Gasteiger partial charge on any atom is -0.374 e. The van der Waals surface area contributed by atoms with E-state index in [-0.39, 0.29) is 0 Å². The van der Waals surface area contributed by atoms with Crippen LogP contribution in [0.2, 0.25) is 0 Å². The third-order valence-electron chi connectivity index (χ3n) is 4.25. The Morgan fingerprint density at radius 3 is 2.42 bits per heavy atom. The molecule has 1 fully saturated rings. The highest BCUT2D eigenvalue weighted by atomic mass is 16.5. The smallest absolute Gasteiger partial charge is 0.0723 e. The van der Waals surface area contributed by atoms with E-state index in [1.807, 2.05) is 7.05 Å². The van der Waals surface area contributed by atoms with Crippen molar-refractivity contribution in [1.82, 2.24) is 5.32 Å². The van der Waals surface area contributed by atoms with Crippen LogP contribution in [-0.4, -0.2) is 13.2 Å². The summed E-state index contributed by atoms with van der Waals surface area (Å²) in [5.41, 5.74) is 3.19. The van der Waals surface area contributed by atoms with Crippen molar-refractivity contribution >= 4 is 0 Å². The van der Waals surface area contributed by atoms with Crippen LogP contribution >= 0.6 is 0 Å². The molecule has 0 heterocycles. The molecule has 19 heavy (non-hydrogen) atoms. The molecule has 2 heteroatoms. The Bertz CT molecular complexity index is 390. The van der Waals surface area contributed by atoms with Crippen LogP contribution in [0, 0.1) is 5.41 Å². The highest BCUT2D eigenvalue weighted by Gasteiger charge is 2.27. The largest absolute Gasteiger partial charge is 0.374 e. The third kappa shape index (κ3) is 4.32. The zero-order valence-corrected chi connectivity index (χ0v) is 12.5. The molecule has 0 bridgehead atoms. The van der Waals surface area contributed by atoms with Crippen molar-refractivity contribution in [2.45, 2.75) is 58.8 Å². The van der Waals surface area contributed by atoms with E-state index >= 15 is 0 Å². The fraction of sp³-hybridized carbons (Fsp3) is 0.647. The topological polar surface area (TPSA) is 21.3 Å². The highest BCUT2D eigenvalue weighted by molar-refractivity contribution is 5.26. The fourth-order valence-electron chi connectivity index (χ4n) is 2.81. The van der Waals surface area contributed by atoms with Gasteiger partial charge in [-0.2, -0.15) is 0 Å². The second kappa shape index (κ2) is 6.53. The van der Waals surface area contributed by atoms with Gasteiger partial charge in [0.2, 0.25) is 0 Å². The van der Waals surface area contributed by atoms with Crippen molar-refractivity contribution in [2.24, 2.45) is 5.41 Å². The summed E-state index contributed by atoms with van der Waals surface area (Å²) >= 11 is 0. The Labute approximate surface area is 117 Å². The molecule has 1 saturated carbocycles. The van der Waals surface area contributed by atoms with Gasteiger partial charge in [0.25, 0.3) is 0 Å². The number of ether oxygens (including phenoxy) is 1. The molecular weight excluding hydrogens is 234 g/mol. The maximum atomic E-state index is 6.12. The maximum absolute atomic E-state index is 6.12. The van der Waals surface area contributed by atoms with Crippen molar-refractivity contribution in [2.75, 3.05) is 7.05 Å². The Morgan fingerprint density at radius 1 is 1.16 bits per heavy atom. The second-order valence-corrected chi connectivity index (χ2v) is 6.47. The van der Waals surface area contributed by atoms with Gasteiger partial charge in [-0.25, -0.2) is 0 Å². The van der Waals surface area contributed by atoms with Crippen molar-refractivity contribution in [3.63, 3.8) is 0 Å². The van der Waals surface area contributed by atoms with E-state index in [1.165, 1.54) is 36.8 Å². The molecule has 106 valence electrons. The summed E-state index contributed by atoms with van der Waals surface area (Å²) < 4.78 is 6.12. The van der Waals surface area contributed by atoms with Crippen LogP contribution in [0.5, 0.6) is 0 Å². The standard InChI is InChI=1S/C17H27NO/c1-17(2)10-8-16(9-11-17)19-13-15-7-5-4-6-14(15)12-18-3/h4-7,16,18H,8-13H2,1-3H3. The molecule has 1 aliphatic carbocycles. The molecule has 1 aliphatic rings. The number of hydrogen-bond donors (Lipinski definition) is 1. The predicted molar refractivity (Wildman–Crippen MR) is 80.0 cm³/mol. The summed E-state index contributed by atoms with van der Waals surface area (Å²) in [5.74, 6) is 0. The van der Waals surface area contributed by atoms with E-state index in [4.69, 9.17) is 4.74 Å². The lowest BCUT2D eigenvalue weighted by Crippen LogP contribution is -2.26. The van der Waals surface area contributed by atoms with Crippen LogP contribution in [0.1, 0.15) is 50.7 Å². The quantitative estimate of drug-likeness (QED) is 0.868. The molecular formula is C17H27NO. The molecule has 0 unspecified atom stereocenters. The summed E-state index contributed by atoms with van der Waals surface area (Å²) in [4.78, 5) is 0. The number of hydrogen-bond acceptors (Lipinski definition) is 2. The molecule has 2 nitrogen and oxygen atoms in total. The van der Waals surface area contributed by atoms with E-state index in [0.29, 0.717) is 11.5 Å². The zero-order valence-electron chi connectivity index (χ0n) is 12.5. The van der Waals surface area contributed by atoms with Gasteiger partial charge in [-0.3, -0.25) is 0 Å². The summed E-state index contributed by atoms with van der Waals surface area (Å²) in [6, 6.07) is 8.56. The van der Waals surface area contributed by atoms with Gasteiger partial charge < -0.3 is 10.1 Å². The number of rotatable bonds is 5. The lowest BCUT2D eigenvalue weighted by Gasteiger charge is -2.34. The predicted octanol–water partition coefficient (Wildman–Crippen LogP) is 3.89. The molecule has 0 aromatic heterocycles. The average molecular weight is 261 g/mol. The Kier molecular flexibility index (Phi) is 5.00. The van der Waals surface area contributed by atoms with Crippen molar-refractivity contribution in [1.29, 1.82) is 0 Å². The Morgan fingerprint density at radius 2 is 1.79 bits per heavy atom. The Balaban J connectivity index is 1.86. The third-order valence-corrected chi connectivity index (χ3v) is 4.25. The van der Waals surface area contributed by atoms with Crippen LogP contribution in [0.4, 0.5) is 0 Å². The van der Waals surface area contributed by atoms with Crippen LogP contribution < -0.4 is 5.32 Å². The van der Waals surface area contributed by atoms with Crippen molar-refractivity contribution in [3.05, 3.63) is 35.4 Å². The summed E-state index contributed by atoms with van der Waals surface area (Å²) in [7, 11) is 1.99. The molecule has 2 rings (SSSR count). The fourth-order valence-corrected chi connectivity index (χ4v) is 2.81. The highest BCUT2D eigenvalue weighted by Crippen LogP contribution is 2.36. The van der Waals surface area contributed by atoms with Crippen LogP contribution in [0.25, 0.3) is 0 Å². The van der Waals surface area contributed by atoms with E-state index in [2.05, 4.69) is 43.4 Å². The van der Waals surface area contributed by atoms with Gasteiger partial charge in [0, 0.05) is 6.54 Å². The number of benzene rings is 1. The van der Waals surface area contributed by atoms with Crippen molar-refractivity contribution in [3.8, 4) is 0 Å². The first-order chi connectivity index (χ1) is 9.11. The molecule has 1 aromatic rings. The second-order valence-electron chi connectivity index (χ2n) is 6.47. The van der Waals surface area contributed by atoms with Crippen LogP contribution in [-0.2, 0) is 17.9 Å². The van der Waals surface area contributed by atoms with Gasteiger partial charge in [-0.05, 0) is 49.3 Å². The Hall–Kier alpha value is -0.860. The number of nitrogens with one attached hydrogen (secondary N) is 1. The lowest BCUT2D eigenvalue weighted by atomic mass is 9.76. The van der Waals surface area contributed by atoms with E-state index in [0.717, 1.165) is 13.2 Å². The SMILES string of the molecule is CNCc1ccccc1COC1CCC(C)(C)CC1. The average Bonchev–Trinajstić information content (AvgIpc) is 2.39. The van der Waals surface area contributed by atoms with E-state index < -0.39 is 0 Å². The summed E-state index contributed by atoms with van der Waals surface area (Å²) in [6.07, 6.45) is 5.45. The lowest BCUT2D eigenvalue weighted by molar-refractivity contribution is -0.00585. The van der Waals surface area contributed by atoms with E-state index in [9.17, 15) is 0 Å². The van der Waals surface area contributed by atoms with Crippen LogP contribution in [0.15, 0.2) is 24.3 Å². The zero-order chi connectivity index (χ0) is 13.7. The van der Waals surface area contributed by atoms with Gasteiger partial charge in [-0.15, -0.1) is 0 Å². The first-order valence-electron chi connectivity index (χ1n) is 7.44.